The Morgan fingerprint density at radius 3 is 2.89 bits per heavy atom. The van der Waals surface area contributed by atoms with E-state index in [9.17, 15) is 9.59 Å². The number of hydrogen-bond donors (Lipinski definition) is 2. The fraction of sp³-hybridized carbons (Fsp3) is 0.692. The van der Waals surface area contributed by atoms with Gasteiger partial charge in [-0.1, -0.05) is 13.0 Å². The highest BCUT2D eigenvalue weighted by atomic mass is 16.5. The van der Waals surface area contributed by atoms with Crippen LogP contribution in [0, 0.1) is 5.92 Å². The van der Waals surface area contributed by atoms with E-state index in [0.717, 1.165) is 12.8 Å². The molecular formula is C13H22N2O4. The molecule has 0 saturated carbocycles. The van der Waals surface area contributed by atoms with Gasteiger partial charge in [0.1, 0.15) is 0 Å². The fourth-order valence-electron chi connectivity index (χ4n) is 2.03. The third-order valence-electron chi connectivity index (χ3n) is 3.22. The Kier molecular flexibility index (Phi) is 5.82. The average molecular weight is 270 g/mol. The lowest BCUT2D eigenvalue weighted by molar-refractivity contribution is -0.141. The minimum absolute atomic E-state index is 0.0960. The molecule has 2 amide bonds. The largest absolute Gasteiger partial charge is 0.481 e. The molecule has 6 heteroatoms. The molecule has 0 aromatic carbocycles. The van der Waals surface area contributed by atoms with Crippen LogP contribution in [0.2, 0.25) is 0 Å². The number of nitrogens with one attached hydrogen (secondary N) is 1. The Labute approximate surface area is 113 Å². The number of carbonyl (C=O) groups is 2. The van der Waals surface area contributed by atoms with Crippen molar-refractivity contribution in [3.8, 4) is 0 Å². The summed E-state index contributed by atoms with van der Waals surface area (Å²) in [7, 11) is 1.58. The van der Waals surface area contributed by atoms with Crippen molar-refractivity contribution in [1.29, 1.82) is 0 Å². The zero-order valence-electron chi connectivity index (χ0n) is 11.5. The van der Waals surface area contributed by atoms with Gasteiger partial charge in [0.15, 0.2) is 0 Å². The second-order valence-corrected chi connectivity index (χ2v) is 4.89. The molecule has 6 nitrogen and oxygen atoms in total. The highest BCUT2D eigenvalue weighted by Gasteiger charge is 2.26. The van der Waals surface area contributed by atoms with E-state index in [1.54, 1.807) is 20.0 Å². The normalized spacial score (nSPS) is 24.3. The third-order valence-corrected chi connectivity index (χ3v) is 3.22. The van der Waals surface area contributed by atoms with E-state index < -0.39 is 11.9 Å². The van der Waals surface area contributed by atoms with Crippen LogP contribution < -0.4 is 5.32 Å². The maximum atomic E-state index is 12.0. The van der Waals surface area contributed by atoms with E-state index in [4.69, 9.17) is 9.84 Å². The first-order valence-electron chi connectivity index (χ1n) is 6.44. The lowest BCUT2D eigenvalue weighted by atomic mass is 10.0. The zero-order chi connectivity index (χ0) is 14.4. The smallest absolute Gasteiger partial charge is 0.317 e. The van der Waals surface area contributed by atoms with E-state index >= 15 is 0 Å². The Morgan fingerprint density at radius 1 is 1.63 bits per heavy atom. The van der Waals surface area contributed by atoms with E-state index in [-0.39, 0.29) is 24.7 Å². The van der Waals surface area contributed by atoms with Crippen molar-refractivity contribution in [3.63, 3.8) is 0 Å². The Hall–Kier alpha value is -1.56. The minimum Gasteiger partial charge on any atom is -0.481 e. The quantitative estimate of drug-likeness (QED) is 0.733. The van der Waals surface area contributed by atoms with Crippen LogP contribution in [0.25, 0.3) is 0 Å². The number of aliphatic carboxylic acids is 1. The molecule has 0 spiro atoms. The van der Waals surface area contributed by atoms with Crippen LogP contribution in [0.5, 0.6) is 0 Å². The second kappa shape index (κ2) is 7.13. The van der Waals surface area contributed by atoms with Crippen molar-refractivity contribution in [1.82, 2.24) is 10.2 Å². The number of carboxylic acid groups (broad SMARTS) is 1. The number of nitrogens with zero attached hydrogens (tertiary/aromatic N) is 1. The van der Waals surface area contributed by atoms with Crippen LogP contribution >= 0.6 is 0 Å². The number of ether oxygens (including phenoxy) is 1. The summed E-state index contributed by atoms with van der Waals surface area (Å²) in [6.07, 6.45) is 3.24. The summed E-state index contributed by atoms with van der Waals surface area (Å²) in [6, 6.07) is -0.378. The molecule has 1 fully saturated rings. The molecule has 0 aromatic rings. The average Bonchev–Trinajstić information content (AvgIpc) is 2.38. The summed E-state index contributed by atoms with van der Waals surface area (Å²) in [4.78, 5) is 24.1. The molecule has 1 saturated heterocycles. The van der Waals surface area contributed by atoms with E-state index in [0.29, 0.717) is 6.61 Å². The molecule has 2 N–H and O–H groups in total. The van der Waals surface area contributed by atoms with Gasteiger partial charge in [-0.15, -0.1) is 6.58 Å². The molecule has 1 aliphatic rings. The summed E-state index contributed by atoms with van der Waals surface area (Å²) in [5, 5.41) is 11.7. The lowest BCUT2D eigenvalue weighted by Crippen LogP contribution is -2.51. The second-order valence-electron chi connectivity index (χ2n) is 4.89. The van der Waals surface area contributed by atoms with Crippen LogP contribution in [-0.4, -0.2) is 54.4 Å². The first-order valence-corrected chi connectivity index (χ1v) is 6.44. The molecule has 1 heterocycles. The van der Waals surface area contributed by atoms with Crippen molar-refractivity contribution < 1.29 is 19.4 Å². The van der Waals surface area contributed by atoms with Crippen molar-refractivity contribution in [2.45, 2.75) is 31.9 Å². The molecule has 1 aliphatic heterocycles. The van der Waals surface area contributed by atoms with Gasteiger partial charge in [0.05, 0.1) is 18.1 Å². The van der Waals surface area contributed by atoms with Gasteiger partial charge in [-0.25, -0.2) is 4.79 Å². The molecule has 1 unspecified atom stereocenters. The van der Waals surface area contributed by atoms with E-state index in [2.05, 4.69) is 11.9 Å². The highest BCUT2D eigenvalue weighted by molar-refractivity contribution is 5.76. The first-order chi connectivity index (χ1) is 8.95. The SMILES string of the molecule is C=C[C@@H]1OCCC[C@H]1NC(=O)N(C)CC(C)C(=O)O. The van der Waals surface area contributed by atoms with Gasteiger partial charge in [-0.05, 0) is 12.8 Å². The molecule has 0 aliphatic carbocycles. The number of urea groups is 1. The summed E-state index contributed by atoms with van der Waals surface area (Å²) in [5.41, 5.74) is 0. The first kappa shape index (κ1) is 15.5. The topological polar surface area (TPSA) is 78.9 Å². The van der Waals surface area contributed by atoms with Gasteiger partial charge in [-0.3, -0.25) is 4.79 Å². The molecule has 1 rings (SSSR count). The van der Waals surface area contributed by atoms with Crippen LogP contribution in [0.15, 0.2) is 12.7 Å². The minimum atomic E-state index is -0.912. The number of rotatable bonds is 5. The molecule has 0 radical (unpaired) electrons. The van der Waals surface area contributed by atoms with Gasteiger partial charge in [0.2, 0.25) is 0 Å². The summed E-state index contributed by atoms with van der Waals surface area (Å²) in [6.45, 7) is 6.11. The van der Waals surface area contributed by atoms with Crippen molar-refractivity contribution in [2.75, 3.05) is 20.2 Å². The van der Waals surface area contributed by atoms with E-state index in [1.807, 2.05) is 0 Å². The standard InChI is InChI=1S/C13H22N2O4/c1-4-11-10(6-5-7-19-11)14-13(18)15(3)8-9(2)12(16)17/h4,9-11H,1,5-8H2,2-3H3,(H,14,18)(H,16,17)/t9?,10-,11+/m1/s1. The third kappa shape index (κ3) is 4.55. The maximum absolute atomic E-state index is 12.0. The van der Waals surface area contributed by atoms with Gasteiger partial charge in [0.25, 0.3) is 0 Å². The summed E-state index contributed by atoms with van der Waals surface area (Å²) >= 11 is 0. The summed E-state index contributed by atoms with van der Waals surface area (Å²) in [5.74, 6) is -1.50. The van der Waals surface area contributed by atoms with Gasteiger partial charge < -0.3 is 20.1 Å². The fourth-order valence-corrected chi connectivity index (χ4v) is 2.03. The van der Waals surface area contributed by atoms with Crippen molar-refractivity contribution in [2.24, 2.45) is 5.92 Å². The Morgan fingerprint density at radius 2 is 2.32 bits per heavy atom. The van der Waals surface area contributed by atoms with Crippen molar-refractivity contribution in [3.05, 3.63) is 12.7 Å². The van der Waals surface area contributed by atoms with Crippen LogP contribution in [0.3, 0.4) is 0 Å². The Balaban J connectivity index is 2.48. The number of hydrogen-bond acceptors (Lipinski definition) is 3. The number of amides is 2. The predicted octanol–water partition coefficient (Wildman–Crippen LogP) is 1.08. The van der Waals surface area contributed by atoms with Crippen molar-refractivity contribution >= 4 is 12.0 Å². The molecule has 0 aromatic heterocycles. The van der Waals surface area contributed by atoms with Gasteiger partial charge in [0, 0.05) is 20.2 Å². The monoisotopic (exact) mass is 270 g/mol. The summed E-state index contributed by atoms with van der Waals surface area (Å²) < 4.78 is 5.49. The number of carboxylic acids is 1. The van der Waals surface area contributed by atoms with Gasteiger partial charge >= 0.3 is 12.0 Å². The predicted molar refractivity (Wildman–Crippen MR) is 70.9 cm³/mol. The van der Waals surface area contributed by atoms with Crippen LogP contribution in [0.1, 0.15) is 19.8 Å². The van der Waals surface area contributed by atoms with E-state index in [1.165, 1.54) is 4.90 Å². The van der Waals surface area contributed by atoms with Gasteiger partial charge in [-0.2, -0.15) is 0 Å². The molecule has 0 bridgehead atoms. The molecular weight excluding hydrogens is 248 g/mol. The van der Waals surface area contributed by atoms with Crippen LogP contribution in [0.4, 0.5) is 4.79 Å². The highest BCUT2D eigenvalue weighted by Crippen LogP contribution is 2.15. The molecule has 108 valence electrons. The lowest BCUT2D eigenvalue weighted by Gasteiger charge is -2.32. The molecule has 3 atom stereocenters. The maximum Gasteiger partial charge on any atom is 0.317 e. The molecule has 19 heavy (non-hydrogen) atoms. The Bertz CT molecular complexity index is 346. The number of carbonyl (C=O) groups excluding carboxylic acids is 1. The van der Waals surface area contributed by atoms with Crippen LogP contribution in [-0.2, 0) is 9.53 Å². The zero-order valence-corrected chi connectivity index (χ0v) is 11.5.